The number of para-hydroxylation sites is 1. The molecule has 2 heterocycles. The molecule has 1 aliphatic heterocycles. The Morgan fingerprint density at radius 3 is 2.66 bits per heavy atom. The van der Waals surface area contributed by atoms with Crippen LogP contribution in [0.1, 0.15) is 30.9 Å². The molecule has 0 amide bonds. The number of fused-ring (bicyclic) bond motifs is 2. The summed E-state index contributed by atoms with van der Waals surface area (Å²) in [7, 11) is 3.82. The maximum atomic E-state index is 5.47. The lowest BCUT2D eigenvalue weighted by Crippen LogP contribution is -2.28. The van der Waals surface area contributed by atoms with Gasteiger partial charge in [0, 0.05) is 25.0 Å². The van der Waals surface area contributed by atoms with Crippen LogP contribution in [0, 0.1) is 6.92 Å². The number of methoxy groups -OCH3 is 1. The molecule has 0 saturated carbocycles. The van der Waals surface area contributed by atoms with E-state index in [9.17, 15) is 0 Å². The van der Waals surface area contributed by atoms with Gasteiger partial charge in [-0.15, -0.1) is 0 Å². The van der Waals surface area contributed by atoms with Crippen molar-refractivity contribution in [1.29, 1.82) is 0 Å². The zero-order valence-electron chi connectivity index (χ0n) is 24.6. The Bertz CT molecular complexity index is 1470. The average Bonchev–Trinajstić information content (AvgIpc) is 3.15. The van der Waals surface area contributed by atoms with Crippen molar-refractivity contribution in [3.8, 4) is 5.88 Å². The number of aromatic nitrogens is 1. The third-order valence-corrected chi connectivity index (χ3v) is 7.38. The highest BCUT2D eigenvalue weighted by Crippen LogP contribution is 2.37. The second-order valence-electron chi connectivity index (χ2n) is 10.5. The second-order valence-corrected chi connectivity index (χ2v) is 10.5. The first-order chi connectivity index (χ1) is 20.1. The fourth-order valence-corrected chi connectivity index (χ4v) is 5.25. The highest BCUT2D eigenvalue weighted by Gasteiger charge is 2.27. The number of nitrogens with zero attached hydrogens (tertiary/aromatic N) is 5. The summed E-state index contributed by atoms with van der Waals surface area (Å²) in [5, 5.41) is 3.52. The van der Waals surface area contributed by atoms with Crippen LogP contribution < -0.4 is 15.0 Å². The summed E-state index contributed by atoms with van der Waals surface area (Å²) in [5.74, 6) is 0.574. The van der Waals surface area contributed by atoms with Crippen molar-refractivity contribution in [2.45, 2.75) is 33.2 Å². The van der Waals surface area contributed by atoms with Crippen LogP contribution in [0.5, 0.6) is 5.88 Å². The van der Waals surface area contributed by atoms with Gasteiger partial charge in [0.05, 0.1) is 42.1 Å². The molecule has 212 valence electrons. The van der Waals surface area contributed by atoms with Crippen LogP contribution in [0.25, 0.3) is 0 Å². The number of hydrogen-bond donors (Lipinski definition) is 1. The number of hydrogen-bond acceptors (Lipinski definition) is 7. The molecule has 0 atom stereocenters. The summed E-state index contributed by atoms with van der Waals surface area (Å²) in [6.45, 7) is 8.43. The maximum Gasteiger partial charge on any atom is 0.237 e. The fraction of sp³-hybridized carbons (Fsp3) is 0.324. The van der Waals surface area contributed by atoms with Crippen molar-refractivity contribution in [1.82, 2.24) is 9.88 Å². The fourth-order valence-electron chi connectivity index (χ4n) is 5.25. The van der Waals surface area contributed by atoms with E-state index in [2.05, 4.69) is 102 Å². The van der Waals surface area contributed by atoms with E-state index in [1.807, 2.05) is 12.1 Å². The van der Waals surface area contributed by atoms with Gasteiger partial charge in [0.1, 0.15) is 0 Å². The molecule has 0 bridgehead atoms. The highest BCUT2D eigenvalue weighted by atomic mass is 16.5. The highest BCUT2D eigenvalue weighted by molar-refractivity contribution is 6.26. The lowest BCUT2D eigenvalue weighted by molar-refractivity contribution is 0.332. The standard InChI is InChI=1S/C34H40N6O/c1-5-19-39(3)20-9-18-35-30-22-33-31(21-27(30)24-37-29-11-8-17-36-34(29)41-4)38-23-26-10-6-7-12-32(26)40(33)28-15-13-25(2)14-16-28/h6-8,10-17,21-22,37H,5,9,18-20,23-24H2,1-4H3. The number of aryl methyl sites for hydroxylation is 1. The van der Waals surface area contributed by atoms with Crippen molar-refractivity contribution >= 4 is 28.5 Å². The van der Waals surface area contributed by atoms with Crippen LogP contribution in [0.4, 0.5) is 17.1 Å². The molecule has 2 aromatic carbocycles. The van der Waals surface area contributed by atoms with E-state index in [0.29, 0.717) is 19.0 Å². The number of ether oxygens (including phenoxy) is 1. The summed E-state index contributed by atoms with van der Waals surface area (Å²) in [4.78, 5) is 19.3. The van der Waals surface area contributed by atoms with Gasteiger partial charge in [-0.05, 0) is 93.5 Å². The lowest BCUT2D eigenvalue weighted by Gasteiger charge is -2.30. The minimum Gasteiger partial charge on any atom is -0.480 e. The van der Waals surface area contributed by atoms with Gasteiger partial charge >= 0.3 is 0 Å². The Kier molecular flexibility index (Phi) is 9.26. The van der Waals surface area contributed by atoms with Crippen LogP contribution in [0.15, 0.2) is 100 Å². The molecule has 0 fully saturated rings. The number of anilines is 3. The third kappa shape index (κ3) is 6.74. The molecule has 2 aliphatic rings. The third-order valence-electron chi connectivity index (χ3n) is 7.38. The van der Waals surface area contributed by atoms with E-state index < -0.39 is 0 Å². The van der Waals surface area contributed by atoms with Gasteiger partial charge in [0.2, 0.25) is 5.88 Å². The first-order valence-corrected chi connectivity index (χ1v) is 14.5. The van der Waals surface area contributed by atoms with Crippen LogP contribution in [-0.4, -0.2) is 61.6 Å². The molecule has 3 aromatic rings. The Labute approximate surface area is 244 Å². The van der Waals surface area contributed by atoms with Gasteiger partial charge in [0.25, 0.3) is 0 Å². The number of benzene rings is 2. The molecular weight excluding hydrogens is 508 g/mol. The number of pyridine rings is 1. The molecule has 0 unspecified atom stereocenters. The van der Waals surface area contributed by atoms with Crippen LogP contribution >= 0.6 is 0 Å². The quantitative estimate of drug-likeness (QED) is 0.216. The molecule has 7 heteroatoms. The molecular formula is C34H40N6O. The largest absolute Gasteiger partial charge is 0.480 e. The van der Waals surface area contributed by atoms with Gasteiger partial charge < -0.3 is 19.9 Å². The molecule has 0 spiro atoms. The number of allylic oxidation sites excluding steroid dienone is 2. The summed E-state index contributed by atoms with van der Waals surface area (Å²) >= 11 is 0. The Morgan fingerprint density at radius 2 is 1.85 bits per heavy atom. The molecule has 7 nitrogen and oxygen atoms in total. The van der Waals surface area contributed by atoms with E-state index in [0.717, 1.165) is 72.2 Å². The first-order valence-electron chi connectivity index (χ1n) is 14.5. The van der Waals surface area contributed by atoms with E-state index in [4.69, 9.17) is 14.7 Å². The zero-order chi connectivity index (χ0) is 28.6. The summed E-state index contributed by atoms with van der Waals surface area (Å²) in [6, 6.07) is 21.1. The van der Waals surface area contributed by atoms with Crippen molar-refractivity contribution < 1.29 is 4.74 Å². The Balaban J connectivity index is 1.52. The molecule has 0 saturated heterocycles. The van der Waals surface area contributed by atoms with Crippen molar-refractivity contribution in [3.63, 3.8) is 0 Å². The normalized spacial score (nSPS) is 15.5. The molecule has 1 aromatic heterocycles. The SMILES string of the molecule is CCCN(C)CCCN=C1C=C2C(=NCc3ccccc3N2c2ccc(C)cc2)C=C1CNc1cccnc1OC. The summed E-state index contributed by atoms with van der Waals surface area (Å²) < 4.78 is 5.47. The van der Waals surface area contributed by atoms with Crippen molar-refractivity contribution in [2.24, 2.45) is 9.98 Å². The van der Waals surface area contributed by atoms with Gasteiger partial charge in [-0.25, -0.2) is 4.98 Å². The average molecular weight is 549 g/mol. The maximum absolute atomic E-state index is 5.47. The zero-order valence-corrected chi connectivity index (χ0v) is 24.6. The van der Waals surface area contributed by atoms with E-state index in [1.165, 1.54) is 11.1 Å². The second kappa shape index (κ2) is 13.4. The first kappa shape index (κ1) is 28.3. The monoisotopic (exact) mass is 548 g/mol. The predicted octanol–water partition coefficient (Wildman–Crippen LogP) is 6.60. The summed E-state index contributed by atoms with van der Waals surface area (Å²) in [6.07, 6.45) is 8.31. The molecule has 0 radical (unpaired) electrons. The van der Waals surface area contributed by atoms with Crippen LogP contribution in [0.3, 0.4) is 0 Å². The smallest absolute Gasteiger partial charge is 0.237 e. The van der Waals surface area contributed by atoms with Crippen LogP contribution in [0.2, 0.25) is 0 Å². The van der Waals surface area contributed by atoms with E-state index in [-0.39, 0.29) is 0 Å². The minimum atomic E-state index is 0.574. The van der Waals surface area contributed by atoms with Crippen LogP contribution in [-0.2, 0) is 6.54 Å². The molecule has 1 aliphatic carbocycles. The number of rotatable bonds is 11. The van der Waals surface area contributed by atoms with Gasteiger partial charge in [0.15, 0.2) is 0 Å². The van der Waals surface area contributed by atoms with E-state index >= 15 is 0 Å². The van der Waals surface area contributed by atoms with Gasteiger partial charge in [-0.3, -0.25) is 9.98 Å². The van der Waals surface area contributed by atoms with Gasteiger partial charge in [-0.2, -0.15) is 0 Å². The van der Waals surface area contributed by atoms with E-state index in [1.54, 1.807) is 13.3 Å². The van der Waals surface area contributed by atoms with Crippen molar-refractivity contribution in [3.05, 3.63) is 101 Å². The van der Waals surface area contributed by atoms with Crippen molar-refractivity contribution in [2.75, 3.05) is 50.6 Å². The molecule has 1 N–H and O–H groups in total. The Morgan fingerprint density at radius 1 is 1.02 bits per heavy atom. The number of nitrogens with one attached hydrogen (secondary N) is 1. The predicted molar refractivity (Wildman–Crippen MR) is 171 cm³/mol. The molecule has 41 heavy (non-hydrogen) atoms. The van der Waals surface area contributed by atoms with Gasteiger partial charge in [-0.1, -0.05) is 42.8 Å². The topological polar surface area (TPSA) is 65.4 Å². The minimum absolute atomic E-state index is 0.574. The molecule has 5 rings (SSSR count). The summed E-state index contributed by atoms with van der Waals surface area (Å²) in [5.41, 5.74) is 9.61. The number of aliphatic imine (C=N–C) groups is 2. The Hall–Kier alpha value is -4.23. The lowest BCUT2D eigenvalue weighted by atomic mass is 9.97.